The molecule has 0 saturated carbocycles. The van der Waals surface area contributed by atoms with Gasteiger partial charge in [0, 0.05) is 12.0 Å². The molecule has 4 nitrogen and oxygen atoms in total. The van der Waals surface area contributed by atoms with Crippen LogP contribution < -0.4 is 14.8 Å². The van der Waals surface area contributed by atoms with E-state index in [-0.39, 0.29) is 17.4 Å². The highest BCUT2D eigenvalue weighted by atomic mass is 16.5. The first-order valence-corrected chi connectivity index (χ1v) is 9.18. The second-order valence-corrected chi connectivity index (χ2v) is 7.68. The molecule has 3 rings (SSSR count). The fourth-order valence-electron chi connectivity index (χ4n) is 3.08. The lowest BCUT2D eigenvalue weighted by Gasteiger charge is -2.19. The summed E-state index contributed by atoms with van der Waals surface area (Å²) in [6.07, 6.45) is 0.801. The van der Waals surface area contributed by atoms with Crippen LogP contribution in [0.2, 0.25) is 0 Å². The van der Waals surface area contributed by atoms with Crippen molar-refractivity contribution in [1.29, 1.82) is 0 Å². The average molecular weight is 353 g/mol. The molecule has 1 heterocycles. The molecule has 1 N–H and O–H groups in total. The molecule has 26 heavy (non-hydrogen) atoms. The first-order valence-electron chi connectivity index (χ1n) is 9.18. The number of hydrogen-bond donors (Lipinski definition) is 1. The van der Waals surface area contributed by atoms with E-state index in [2.05, 4.69) is 38.2 Å². The lowest BCUT2D eigenvalue weighted by Crippen LogP contribution is -2.34. The lowest BCUT2D eigenvalue weighted by atomic mass is 9.86. The Morgan fingerprint density at radius 1 is 1.19 bits per heavy atom. The summed E-state index contributed by atoms with van der Waals surface area (Å²) in [6.45, 7) is 9.66. The van der Waals surface area contributed by atoms with Crippen molar-refractivity contribution < 1.29 is 14.3 Å². The van der Waals surface area contributed by atoms with Crippen molar-refractivity contribution in [3.8, 4) is 11.5 Å². The molecule has 4 heteroatoms. The van der Waals surface area contributed by atoms with Gasteiger partial charge in [-0.2, -0.15) is 0 Å². The number of amides is 1. The maximum Gasteiger partial charge on any atom is 0.251 e. The Balaban J connectivity index is 1.56. The number of benzene rings is 2. The van der Waals surface area contributed by atoms with E-state index >= 15 is 0 Å². The number of hydrogen-bond acceptors (Lipinski definition) is 3. The minimum absolute atomic E-state index is 0.0214. The monoisotopic (exact) mass is 353 g/mol. The highest BCUT2D eigenvalue weighted by Gasteiger charge is 2.25. The van der Waals surface area contributed by atoms with Crippen molar-refractivity contribution in [3.63, 3.8) is 0 Å². The number of fused-ring (bicyclic) bond motifs is 1. The van der Waals surface area contributed by atoms with E-state index in [0.717, 1.165) is 17.9 Å². The SMILES string of the molecule is CCOc1ccc(C(=O)NC[C@H]2Cc3cc(C(C)(C)C)ccc3O2)cc1. The van der Waals surface area contributed by atoms with Crippen LogP contribution in [-0.4, -0.2) is 25.2 Å². The van der Waals surface area contributed by atoms with Gasteiger partial charge in [0.15, 0.2) is 0 Å². The van der Waals surface area contributed by atoms with E-state index in [9.17, 15) is 4.79 Å². The Hall–Kier alpha value is -2.49. The zero-order chi connectivity index (χ0) is 18.7. The van der Waals surface area contributed by atoms with Crippen LogP contribution in [-0.2, 0) is 11.8 Å². The summed E-state index contributed by atoms with van der Waals surface area (Å²) in [5.74, 6) is 1.61. The van der Waals surface area contributed by atoms with Gasteiger partial charge < -0.3 is 14.8 Å². The van der Waals surface area contributed by atoms with Crippen LogP contribution in [0, 0.1) is 0 Å². The maximum atomic E-state index is 12.3. The van der Waals surface area contributed by atoms with Crippen LogP contribution >= 0.6 is 0 Å². The lowest BCUT2D eigenvalue weighted by molar-refractivity contribution is 0.0933. The van der Waals surface area contributed by atoms with Crippen LogP contribution in [0.5, 0.6) is 11.5 Å². The first kappa shape index (κ1) is 18.3. The summed E-state index contributed by atoms with van der Waals surface area (Å²) in [5, 5.41) is 2.97. The van der Waals surface area contributed by atoms with E-state index in [4.69, 9.17) is 9.47 Å². The van der Waals surface area contributed by atoms with Gasteiger partial charge in [0.25, 0.3) is 5.91 Å². The van der Waals surface area contributed by atoms with Crippen molar-refractivity contribution in [2.75, 3.05) is 13.2 Å². The predicted molar refractivity (Wildman–Crippen MR) is 103 cm³/mol. The van der Waals surface area contributed by atoms with Crippen LogP contribution in [0.25, 0.3) is 0 Å². The van der Waals surface area contributed by atoms with Crippen molar-refractivity contribution in [2.24, 2.45) is 0 Å². The normalized spacial score (nSPS) is 15.9. The predicted octanol–water partition coefficient (Wildman–Crippen LogP) is 4.12. The van der Waals surface area contributed by atoms with Gasteiger partial charge in [-0.3, -0.25) is 4.79 Å². The van der Waals surface area contributed by atoms with Gasteiger partial charge in [-0.25, -0.2) is 0 Å². The quantitative estimate of drug-likeness (QED) is 0.880. The summed E-state index contributed by atoms with van der Waals surface area (Å²) < 4.78 is 11.4. The molecule has 1 atom stereocenters. The third kappa shape index (κ3) is 4.18. The van der Waals surface area contributed by atoms with Crippen LogP contribution in [0.15, 0.2) is 42.5 Å². The van der Waals surface area contributed by atoms with Gasteiger partial charge >= 0.3 is 0 Å². The summed E-state index contributed by atoms with van der Waals surface area (Å²) in [6, 6.07) is 13.6. The molecule has 2 aromatic carbocycles. The van der Waals surface area contributed by atoms with Gasteiger partial charge in [-0.15, -0.1) is 0 Å². The Bertz CT molecular complexity index is 775. The van der Waals surface area contributed by atoms with Crippen molar-refractivity contribution >= 4 is 5.91 Å². The molecule has 0 bridgehead atoms. The third-order valence-electron chi connectivity index (χ3n) is 4.59. The number of carbonyl (C=O) groups is 1. The molecular weight excluding hydrogens is 326 g/mol. The Kier molecular flexibility index (Phi) is 5.21. The van der Waals surface area contributed by atoms with E-state index in [1.807, 2.05) is 25.1 Å². The molecule has 0 fully saturated rings. The molecule has 0 unspecified atom stereocenters. The highest BCUT2D eigenvalue weighted by Crippen LogP contribution is 2.33. The Morgan fingerprint density at radius 3 is 2.58 bits per heavy atom. The molecule has 0 radical (unpaired) electrons. The van der Waals surface area contributed by atoms with Crippen molar-refractivity contribution in [1.82, 2.24) is 5.32 Å². The van der Waals surface area contributed by atoms with Gasteiger partial charge in [-0.05, 0) is 53.8 Å². The van der Waals surface area contributed by atoms with Crippen LogP contribution in [0.3, 0.4) is 0 Å². The number of carbonyl (C=O) groups excluding carboxylic acids is 1. The summed E-state index contributed by atoms with van der Waals surface area (Å²) in [5.41, 5.74) is 3.27. The minimum Gasteiger partial charge on any atom is -0.494 e. The van der Waals surface area contributed by atoms with Gasteiger partial charge in [-0.1, -0.05) is 32.9 Å². The molecule has 1 amide bonds. The largest absolute Gasteiger partial charge is 0.494 e. The molecule has 0 aromatic heterocycles. The molecule has 138 valence electrons. The number of nitrogens with one attached hydrogen (secondary N) is 1. The summed E-state index contributed by atoms with van der Waals surface area (Å²) >= 11 is 0. The molecule has 1 aliphatic rings. The topological polar surface area (TPSA) is 47.6 Å². The standard InChI is InChI=1S/C22H27NO3/c1-5-25-18-9-6-15(7-10-18)21(24)23-14-19-13-16-12-17(22(2,3)4)8-11-20(16)26-19/h6-12,19H,5,13-14H2,1-4H3,(H,23,24)/t19-/m1/s1. The average Bonchev–Trinajstić information content (AvgIpc) is 3.02. The van der Waals surface area contributed by atoms with Crippen molar-refractivity contribution in [3.05, 3.63) is 59.2 Å². The highest BCUT2D eigenvalue weighted by molar-refractivity contribution is 5.94. The van der Waals surface area contributed by atoms with E-state index in [1.54, 1.807) is 12.1 Å². The maximum absolute atomic E-state index is 12.3. The van der Waals surface area contributed by atoms with E-state index < -0.39 is 0 Å². The van der Waals surface area contributed by atoms with Gasteiger partial charge in [0.05, 0.1) is 13.2 Å². The summed E-state index contributed by atoms with van der Waals surface area (Å²) in [7, 11) is 0. The molecule has 0 aliphatic carbocycles. The zero-order valence-electron chi connectivity index (χ0n) is 16.0. The molecule has 0 spiro atoms. The fraction of sp³-hybridized carbons (Fsp3) is 0.409. The first-order chi connectivity index (χ1) is 12.4. The van der Waals surface area contributed by atoms with Gasteiger partial charge in [0.2, 0.25) is 0 Å². The third-order valence-corrected chi connectivity index (χ3v) is 4.59. The van der Waals surface area contributed by atoms with Crippen LogP contribution in [0.1, 0.15) is 49.2 Å². The smallest absolute Gasteiger partial charge is 0.251 e. The second kappa shape index (κ2) is 7.40. The van der Waals surface area contributed by atoms with E-state index in [0.29, 0.717) is 18.7 Å². The second-order valence-electron chi connectivity index (χ2n) is 7.68. The molecule has 1 aliphatic heterocycles. The number of ether oxygens (including phenoxy) is 2. The van der Waals surface area contributed by atoms with Gasteiger partial charge in [0.1, 0.15) is 17.6 Å². The molecule has 2 aromatic rings. The molecular formula is C22H27NO3. The van der Waals surface area contributed by atoms with E-state index in [1.165, 1.54) is 11.1 Å². The summed E-state index contributed by atoms with van der Waals surface area (Å²) in [4.78, 5) is 12.3. The Morgan fingerprint density at radius 2 is 1.92 bits per heavy atom. The minimum atomic E-state index is -0.0945. The van der Waals surface area contributed by atoms with Crippen LogP contribution in [0.4, 0.5) is 0 Å². The fourth-order valence-corrected chi connectivity index (χ4v) is 3.08. The molecule has 0 saturated heterocycles. The van der Waals surface area contributed by atoms with Crippen molar-refractivity contribution in [2.45, 2.75) is 45.6 Å². The Labute approximate surface area is 155 Å². The number of rotatable bonds is 5. The zero-order valence-corrected chi connectivity index (χ0v) is 16.0.